The van der Waals surface area contributed by atoms with E-state index >= 15 is 0 Å². The Bertz CT molecular complexity index is 240. The van der Waals surface area contributed by atoms with Gasteiger partial charge in [0, 0.05) is 14.2 Å². The van der Waals surface area contributed by atoms with Crippen molar-refractivity contribution in [1.82, 2.24) is 0 Å². The van der Waals surface area contributed by atoms with Crippen molar-refractivity contribution >= 4 is 5.71 Å². The summed E-state index contributed by atoms with van der Waals surface area (Å²) < 4.78 is 15.8. The van der Waals surface area contributed by atoms with Crippen LogP contribution in [0.4, 0.5) is 0 Å². The summed E-state index contributed by atoms with van der Waals surface area (Å²) >= 11 is 0. The standard InChI is InChI=1S/C9H16N2O3/c1-6(11-10)9-7(12-2)4-5-8(13-3)14-9/h4-5,7-9H,10H2,1-3H3/b11-6+/t7-,8+,9-/m0/s1. The number of ether oxygens (including phenoxy) is 3. The molecular weight excluding hydrogens is 184 g/mol. The minimum absolute atomic E-state index is 0.159. The van der Waals surface area contributed by atoms with Crippen molar-refractivity contribution in [2.45, 2.75) is 25.4 Å². The molecule has 0 spiro atoms. The zero-order valence-corrected chi connectivity index (χ0v) is 8.64. The smallest absolute Gasteiger partial charge is 0.177 e. The summed E-state index contributed by atoms with van der Waals surface area (Å²) in [5, 5.41) is 3.60. The van der Waals surface area contributed by atoms with Crippen molar-refractivity contribution in [3.05, 3.63) is 12.2 Å². The van der Waals surface area contributed by atoms with Crippen LogP contribution >= 0.6 is 0 Å². The van der Waals surface area contributed by atoms with Crippen LogP contribution in [0.5, 0.6) is 0 Å². The first-order chi connectivity index (χ1) is 6.72. The van der Waals surface area contributed by atoms with Gasteiger partial charge < -0.3 is 20.1 Å². The molecule has 0 unspecified atom stereocenters. The highest BCUT2D eigenvalue weighted by atomic mass is 16.7. The van der Waals surface area contributed by atoms with E-state index in [-0.39, 0.29) is 18.5 Å². The highest BCUT2D eigenvalue weighted by Gasteiger charge is 2.29. The molecule has 14 heavy (non-hydrogen) atoms. The van der Waals surface area contributed by atoms with Gasteiger partial charge in [-0.05, 0) is 13.0 Å². The van der Waals surface area contributed by atoms with Gasteiger partial charge in [-0.15, -0.1) is 0 Å². The highest BCUT2D eigenvalue weighted by molar-refractivity contribution is 5.87. The van der Waals surface area contributed by atoms with Gasteiger partial charge in [-0.3, -0.25) is 0 Å². The highest BCUT2D eigenvalue weighted by Crippen LogP contribution is 2.17. The van der Waals surface area contributed by atoms with E-state index in [0.29, 0.717) is 5.71 Å². The topological polar surface area (TPSA) is 66.1 Å². The fourth-order valence-corrected chi connectivity index (χ4v) is 1.31. The predicted octanol–water partition coefficient (Wildman–Crippen LogP) is 0.264. The minimum atomic E-state index is -0.358. The van der Waals surface area contributed by atoms with Crippen LogP contribution < -0.4 is 5.84 Å². The zero-order chi connectivity index (χ0) is 10.6. The molecular formula is C9H16N2O3. The second-order valence-corrected chi connectivity index (χ2v) is 3.02. The number of hydrogen-bond donors (Lipinski definition) is 1. The molecule has 5 heteroatoms. The Morgan fingerprint density at radius 3 is 2.57 bits per heavy atom. The second kappa shape index (κ2) is 5.09. The van der Waals surface area contributed by atoms with E-state index in [1.54, 1.807) is 27.2 Å². The Morgan fingerprint density at radius 1 is 1.36 bits per heavy atom. The van der Waals surface area contributed by atoms with Gasteiger partial charge in [0.15, 0.2) is 6.29 Å². The first kappa shape index (κ1) is 11.2. The molecule has 1 rings (SSSR count). The molecule has 2 N–H and O–H groups in total. The summed E-state index contributed by atoms with van der Waals surface area (Å²) in [5.74, 6) is 5.19. The second-order valence-electron chi connectivity index (χ2n) is 3.02. The van der Waals surface area contributed by atoms with E-state index in [9.17, 15) is 0 Å². The summed E-state index contributed by atoms with van der Waals surface area (Å²) in [6.45, 7) is 1.79. The lowest BCUT2D eigenvalue weighted by Crippen LogP contribution is -2.42. The van der Waals surface area contributed by atoms with Crippen molar-refractivity contribution in [1.29, 1.82) is 0 Å². The third kappa shape index (κ3) is 2.31. The molecule has 0 aromatic rings. The maximum absolute atomic E-state index is 5.55. The van der Waals surface area contributed by atoms with E-state index in [1.807, 2.05) is 6.08 Å². The van der Waals surface area contributed by atoms with Gasteiger partial charge in [-0.2, -0.15) is 5.10 Å². The van der Waals surface area contributed by atoms with Crippen LogP contribution in [0, 0.1) is 0 Å². The Morgan fingerprint density at radius 2 is 2.07 bits per heavy atom. The molecule has 1 heterocycles. The Balaban J connectivity index is 2.76. The van der Waals surface area contributed by atoms with Gasteiger partial charge in [0.25, 0.3) is 0 Å². The van der Waals surface area contributed by atoms with E-state index in [0.717, 1.165) is 0 Å². The SMILES string of the molecule is CO[C@H]1C=C[C@H](OC)[C@H](/C(C)=N/N)O1. The fourth-order valence-electron chi connectivity index (χ4n) is 1.31. The van der Waals surface area contributed by atoms with Crippen LogP contribution in [0.2, 0.25) is 0 Å². The maximum atomic E-state index is 5.55. The van der Waals surface area contributed by atoms with Gasteiger partial charge in [0.2, 0.25) is 0 Å². The molecule has 0 aliphatic carbocycles. The quantitative estimate of drug-likeness (QED) is 0.307. The van der Waals surface area contributed by atoms with Crippen molar-refractivity contribution < 1.29 is 14.2 Å². The van der Waals surface area contributed by atoms with Crippen LogP contribution in [0.3, 0.4) is 0 Å². The van der Waals surface area contributed by atoms with E-state index in [2.05, 4.69) is 5.10 Å². The average Bonchev–Trinajstić information content (AvgIpc) is 2.27. The van der Waals surface area contributed by atoms with Crippen molar-refractivity contribution in [2.75, 3.05) is 14.2 Å². The molecule has 0 fully saturated rings. The molecule has 1 aliphatic heterocycles. The van der Waals surface area contributed by atoms with Crippen molar-refractivity contribution in [3.63, 3.8) is 0 Å². The third-order valence-electron chi connectivity index (χ3n) is 2.16. The van der Waals surface area contributed by atoms with E-state index in [1.165, 1.54) is 0 Å². The Hall–Kier alpha value is -0.910. The Labute approximate surface area is 83.5 Å². The molecule has 0 aromatic heterocycles. The maximum Gasteiger partial charge on any atom is 0.177 e. The largest absolute Gasteiger partial charge is 0.374 e. The monoisotopic (exact) mass is 200 g/mol. The van der Waals surface area contributed by atoms with Crippen LogP contribution in [0.1, 0.15) is 6.92 Å². The van der Waals surface area contributed by atoms with Crippen LogP contribution in [0.25, 0.3) is 0 Å². The lowest BCUT2D eigenvalue weighted by molar-refractivity contribution is -0.140. The van der Waals surface area contributed by atoms with Crippen LogP contribution in [-0.2, 0) is 14.2 Å². The summed E-state index contributed by atoms with van der Waals surface area (Å²) in [6, 6.07) is 0. The van der Waals surface area contributed by atoms with Crippen LogP contribution in [-0.4, -0.2) is 38.4 Å². The summed E-state index contributed by atoms with van der Waals surface area (Å²) in [5.41, 5.74) is 0.684. The van der Waals surface area contributed by atoms with E-state index < -0.39 is 0 Å². The van der Waals surface area contributed by atoms with Crippen molar-refractivity contribution in [2.24, 2.45) is 10.9 Å². The average molecular weight is 200 g/mol. The summed E-state index contributed by atoms with van der Waals surface area (Å²) in [6.07, 6.45) is 2.89. The van der Waals surface area contributed by atoms with Crippen molar-refractivity contribution in [3.8, 4) is 0 Å². The molecule has 3 atom stereocenters. The molecule has 0 bridgehead atoms. The molecule has 0 radical (unpaired) electrons. The number of rotatable bonds is 3. The van der Waals surface area contributed by atoms with Crippen LogP contribution in [0.15, 0.2) is 17.3 Å². The number of hydrazone groups is 1. The van der Waals surface area contributed by atoms with Gasteiger partial charge in [0.1, 0.15) is 12.2 Å². The molecule has 80 valence electrons. The molecule has 0 saturated heterocycles. The van der Waals surface area contributed by atoms with Gasteiger partial charge in [0.05, 0.1) is 5.71 Å². The summed E-state index contributed by atoms with van der Waals surface area (Å²) in [4.78, 5) is 0. The molecule has 5 nitrogen and oxygen atoms in total. The lowest BCUT2D eigenvalue weighted by Gasteiger charge is -2.30. The first-order valence-electron chi connectivity index (χ1n) is 4.36. The van der Waals surface area contributed by atoms with E-state index in [4.69, 9.17) is 20.1 Å². The molecule has 0 saturated carbocycles. The number of nitrogens with two attached hydrogens (primary N) is 1. The number of methoxy groups -OCH3 is 2. The zero-order valence-electron chi connectivity index (χ0n) is 8.64. The first-order valence-corrected chi connectivity index (χ1v) is 4.36. The minimum Gasteiger partial charge on any atom is -0.374 e. The van der Waals surface area contributed by atoms with Gasteiger partial charge in [-0.1, -0.05) is 6.08 Å². The fraction of sp³-hybridized carbons (Fsp3) is 0.667. The predicted molar refractivity (Wildman–Crippen MR) is 52.9 cm³/mol. The number of nitrogens with zero attached hydrogens (tertiary/aromatic N) is 1. The third-order valence-corrected chi connectivity index (χ3v) is 2.16. The summed E-state index contributed by atoms with van der Waals surface area (Å²) in [7, 11) is 3.19. The van der Waals surface area contributed by atoms with Gasteiger partial charge in [-0.25, -0.2) is 0 Å². The normalized spacial score (nSPS) is 33.4. The van der Waals surface area contributed by atoms with Gasteiger partial charge >= 0.3 is 0 Å². The molecule has 1 aliphatic rings. The Kier molecular flexibility index (Phi) is 4.06. The molecule has 0 amide bonds. The lowest BCUT2D eigenvalue weighted by atomic mass is 10.1. The number of hydrogen-bond acceptors (Lipinski definition) is 5. The molecule has 0 aromatic carbocycles.